The average molecular weight is 391 g/mol. The maximum atomic E-state index is 6.34. The molecular formula is C22H24Cl2S. The van der Waals surface area contributed by atoms with E-state index in [1.807, 2.05) is 12.1 Å². The van der Waals surface area contributed by atoms with Gasteiger partial charge in [-0.25, -0.2) is 0 Å². The number of rotatable bonds is 6. The lowest BCUT2D eigenvalue weighted by Gasteiger charge is -2.14. The third kappa shape index (κ3) is 4.94. The molecule has 0 unspecified atom stereocenters. The lowest BCUT2D eigenvalue weighted by molar-refractivity contribution is 1.22. The molecular weight excluding hydrogens is 367 g/mol. The highest BCUT2D eigenvalue weighted by Gasteiger charge is 2.12. The topological polar surface area (TPSA) is 0 Å². The third-order valence-corrected chi connectivity index (χ3v) is 6.05. The number of benzene rings is 2. The molecule has 0 atom stereocenters. The van der Waals surface area contributed by atoms with E-state index in [9.17, 15) is 0 Å². The second-order valence-corrected chi connectivity index (χ2v) is 7.79. The standard InChI is InChI=1S/C22H24Cl2S/c1-5-7-9-17-15(3)19(23)11-13-21(17)25-22-14-12-20(24)16(4)18(22)10-8-6-2/h7-14H,5-6H2,1-4H3. The molecule has 0 aliphatic heterocycles. The molecule has 0 saturated carbocycles. The van der Waals surface area contributed by atoms with Crippen molar-refractivity contribution < 1.29 is 0 Å². The van der Waals surface area contributed by atoms with Crippen molar-refractivity contribution in [3.05, 3.63) is 68.7 Å². The van der Waals surface area contributed by atoms with Crippen molar-refractivity contribution in [1.82, 2.24) is 0 Å². The summed E-state index contributed by atoms with van der Waals surface area (Å²) in [4.78, 5) is 2.42. The van der Waals surface area contributed by atoms with E-state index in [1.165, 1.54) is 20.9 Å². The zero-order valence-electron chi connectivity index (χ0n) is 15.2. The molecule has 0 spiro atoms. The van der Waals surface area contributed by atoms with Crippen LogP contribution in [-0.2, 0) is 0 Å². The molecule has 2 aromatic carbocycles. The Labute approximate surface area is 165 Å². The predicted molar refractivity (Wildman–Crippen MR) is 115 cm³/mol. The van der Waals surface area contributed by atoms with Crippen LogP contribution >= 0.6 is 35.0 Å². The van der Waals surface area contributed by atoms with E-state index in [-0.39, 0.29) is 0 Å². The normalized spacial score (nSPS) is 11.8. The van der Waals surface area contributed by atoms with Gasteiger partial charge in [-0.1, -0.05) is 73.1 Å². The van der Waals surface area contributed by atoms with Gasteiger partial charge in [0.15, 0.2) is 0 Å². The number of hydrogen-bond donors (Lipinski definition) is 0. The molecule has 2 aromatic rings. The van der Waals surface area contributed by atoms with Gasteiger partial charge in [-0.3, -0.25) is 0 Å². The summed E-state index contributed by atoms with van der Waals surface area (Å²) >= 11 is 14.5. The van der Waals surface area contributed by atoms with Gasteiger partial charge in [0, 0.05) is 19.8 Å². The molecule has 0 fully saturated rings. The molecule has 0 amide bonds. The molecule has 0 radical (unpaired) electrons. The maximum absolute atomic E-state index is 6.34. The van der Waals surface area contributed by atoms with E-state index >= 15 is 0 Å². The Morgan fingerprint density at radius 1 is 0.760 bits per heavy atom. The van der Waals surface area contributed by atoms with E-state index in [0.717, 1.165) is 34.0 Å². The maximum Gasteiger partial charge on any atom is 0.0441 e. The molecule has 0 aliphatic carbocycles. The fraction of sp³-hybridized carbons (Fsp3) is 0.273. The summed E-state index contributed by atoms with van der Waals surface area (Å²) < 4.78 is 0. The SMILES string of the molecule is CCC=Cc1c(Sc2ccc(Cl)c(C)c2C=CCC)ccc(Cl)c1C. The van der Waals surface area contributed by atoms with Crippen LogP contribution in [0.1, 0.15) is 48.9 Å². The minimum Gasteiger partial charge on any atom is -0.0888 e. The van der Waals surface area contributed by atoms with Gasteiger partial charge in [0.05, 0.1) is 0 Å². The van der Waals surface area contributed by atoms with Crippen LogP contribution in [-0.4, -0.2) is 0 Å². The smallest absolute Gasteiger partial charge is 0.0441 e. The largest absolute Gasteiger partial charge is 0.0888 e. The Bertz CT molecular complexity index is 737. The van der Waals surface area contributed by atoms with Crippen molar-refractivity contribution in [3.63, 3.8) is 0 Å². The van der Waals surface area contributed by atoms with Crippen LogP contribution in [0.2, 0.25) is 10.0 Å². The fourth-order valence-electron chi connectivity index (χ4n) is 2.54. The highest BCUT2D eigenvalue weighted by atomic mass is 35.5. The average Bonchev–Trinajstić information content (AvgIpc) is 2.60. The van der Waals surface area contributed by atoms with Crippen LogP contribution in [0.5, 0.6) is 0 Å². The second kappa shape index (κ2) is 9.52. The minimum absolute atomic E-state index is 0.804. The van der Waals surface area contributed by atoms with Crippen molar-refractivity contribution >= 4 is 47.1 Å². The van der Waals surface area contributed by atoms with E-state index in [0.29, 0.717) is 0 Å². The van der Waals surface area contributed by atoms with Crippen molar-refractivity contribution in [3.8, 4) is 0 Å². The summed E-state index contributed by atoms with van der Waals surface area (Å²) in [5, 5.41) is 1.61. The van der Waals surface area contributed by atoms with Crippen molar-refractivity contribution in [2.24, 2.45) is 0 Å². The van der Waals surface area contributed by atoms with Crippen molar-refractivity contribution in [2.75, 3.05) is 0 Å². The van der Waals surface area contributed by atoms with Crippen LogP contribution in [0.3, 0.4) is 0 Å². The molecule has 25 heavy (non-hydrogen) atoms. The van der Waals surface area contributed by atoms with Crippen molar-refractivity contribution in [1.29, 1.82) is 0 Å². The van der Waals surface area contributed by atoms with Gasteiger partial charge in [0.25, 0.3) is 0 Å². The Balaban J connectivity index is 2.53. The predicted octanol–water partition coefficient (Wildman–Crippen LogP) is 8.61. The van der Waals surface area contributed by atoms with Gasteiger partial charge in [0.2, 0.25) is 0 Å². The lowest BCUT2D eigenvalue weighted by atomic mass is 10.1. The zero-order valence-corrected chi connectivity index (χ0v) is 17.5. The van der Waals surface area contributed by atoms with E-state index < -0.39 is 0 Å². The molecule has 0 N–H and O–H groups in total. The van der Waals surface area contributed by atoms with Gasteiger partial charge in [0.1, 0.15) is 0 Å². The first-order chi connectivity index (χ1) is 12.0. The Morgan fingerprint density at radius 3 is 1.52 bits per heavy atom. The minimum atomic E-state index is 0.804. The molecule has 0 bridgehead atoms. The first-order valence-corrected chi connectivity index (χ1v) is 10.2. The highest BCUT2D eigenvalue weighted by molar-refractivity contribution is 7.99. The van der Waals surface area contributed by atoms with Crippen LogP contribution in [0.4, 0.5) is 0 Å². The van der Waals surface area contributed by atoms with Crippen LogP contribution in [0.25, 0.3) is 12.2 Å². The summed E-state index contributed by atoms with van der Waals surface area (Å²) in [6.45, 7) is 8.43. The summed E-state index contributed by atoms with van der Waals surface area (Å²) in [7, 11) is 0. The quantitative estimate of drug-likeness (QED) is 0.475. The Morgan fingerprint density at radius 2 is 1.16 bits per heavy atom. The Kier molecular flexibility index (Phi) is 7.68. The zero-order chi connectivity index (χ0) is 18.4. The summed E-state index contributed by atoms with van der Waals surface area (Å²) in [6.07, 6.45) is 10.7. The molecule has 0 saturated heterocycles. The van der Waals surface area contributed by atoms with Gasteiger partial charge in [-0.2, -0.15) is 0 Å². The van der Waals surface area contributed by atoms with Crippen LogP contribution in [0.15, 0.2) is 46.2 Å². The van der Waals surface area contributed by atoms with E-state index in [4.69, 9.17) is 23.2 Å². The highest BCUT2D eigenvalue weighted by Crippen LogP contribution is 2.39. The molecule has 0 aliphatic rings. The number of allylic oxidation sites excluding steroid dienone is 2. The molecule has 132 valence electrons. The second-order valence-electron chi connectivity index (χ2n) is 5.89. The van der Waals surface area contributed by atoms with Crippen LogP contribution < -0.4 is 0 Å². The van der Waals surface area contributed by atoms with E-state index in [2.05, 4.69) is 64.1 Å². The van der Waals surface area contributed by atoms with Gasteiger partial charge in [-0.15, -0.1) is 0 Å². The van der Waals surface area contributed by atoms with E-state index in [1.54, 1.807) is 11.8 Å². The first-order valence-electron chi connectivity index (χ1n) is 8.58. The monoisotopic (exact) mass is 390 g/mol. The van der Waals surface area contributed by atoms with Crippen molar-refractivity contribution in [2.45, 2.75) is 50.3 Å². The molecule has 0 heterocycles. The third-order valence-electron chi connectivity index (χ3n) is 4.08. The lowest BCUT2D eigenvalue weighted by Crippen LogP contribution is -1.91. The van der Waals surface area contributed by atoms with Gasteiger partial charge < -0.3 is 0 Å². The molecule has 2 rings (SSSR count). The van der Waals surface area contributed by atoms with Gasteiger partial charge in [-0.05, 0) is 73.2 Å². The van der Waals surface area contributed by atoms with Crippen LogP contribution in [0, 0.1) is 13.8 Å². The Hall–Kier alpha value is -1.15. The van der Waals surface area contributed by atoms with Gasteiger partial charge >= 0.3 is 0 Å². The molecule has 0 aromatic heterocycles. The summed E-state index contributed by atoms with van der Waals surface area (Å²) in [5.41, 5.74) is 4.62. The summed E-state index contributed by atoms with van der Waals surface area (Å²) in [6, 6.07) is 8.17. The first kappa shape index (κ1) is 20.2. The summed E-state index contributed by atoms with van der Waals surface area (Å²) in [5.74, 6) is 0. The fourth-order valence-corrected chi connectivity index (χ4v) is 4.04. The molecule has 3 heteroatoms. The number of halogens is 2. The number of hydrogen-bond acceptors (Lipinski definition) is 1. The molecule has 0 nitrogen and oxygen atoms in total.